The largest absolute Gasteiger partial charge is 0.481 e. The molecule has 7 heteroatoms. The predicted molar refractivity (Wildman–Crippen MR) is 58.8 cm³/mol. The molecule has 0 aliphatic rings. The Hall–Kier alpha value is -1.92. The van der Waals surface area contributed by atoms with Gasteiger partial charge in [-0.05, 0) is 5.41 Å². The molecule has 0 saturated heterocycles. The number of nitrogens with zero attached hydrogens (tertiary/aromatic N) is 2. The zero-order valence-electron chi connectivity index (χ0n) is 10.0. The quantitative estimate of drug-likeness (QED) is 0.650. The maximum Gasteiger partial charge on any atom is 0.316 e. The second-order valence-corrected chi connectivity index (χ2v) is 4.79. The summed E-state index contributed by atoms with van der Waals surface area (Å²) < 4.78 is 0. The van der Waals surface area contributed by atoms with Gasteiger partial charge in [-0.25, -0.2) is 4.98 Å². The molecule has 1 unspecified atom stereocenters. The van der Waals surface area contributed by atoms with Gasteiger partial charge in [0.25, 0.3) is 0 Å². The molecule has 1 aromatic rings. The summed E-state index contributed by atoms with van der Waals surface area (Å²) in [5.41, 5.74) is -0.642. The topological polar surface area (TPSA) is 108 Å². The molecule has 1 amide bonds. The maximum atomic E-state index is 11.8. The van der Waals surface area contributed by atoms with Crippen LogP contribution >= 0.6 is 0 Å². The van der Waals surface area contributed by atoms with Gasteiger partial charge in [-0.2, -0.15) is 5.10 Å². The third-order valence-electron chi connectivity index (χ3n) is 2.27. The Morgan fingerprint density at radius 3 is 2.59 bits per heavy atom. The molecular weight excluding hydrogens is 224 g/mol. The number of carboxylic acid groups (broad SMARTS) is 1. The molecular formula is C10H16N4O3. The summed E-state index contributed by atoms with van der Waals surface area (Å²) in [4.78, 5) is 26.7. The number of hydrogen-bond acceptors (Lipinski definition) is 4. The molecule has 0 fully saturated rings. The Balaban J connectivity index is 2.64. The van der Waals surface area contributed by atoms with Crippen molar-refractivity contribution in [2.45, 2.75) is 27.3 Å². The predicted octanol–water partition coefficient (Wildman–Crippen LogP) is 0.168. The Morgan fingerprint density at radius 2 is 2.18 bits per heavy atom. The van der Waals surface area contributed by atoms with Crippen molar-refractivity contribution in [3.8, 4) is 0 Å². The molecule has 1 rings (SSSR count). The fraction of sp³-hybridized carbons (Fsp3) is 0.600. The minimum absolute atomic E-state index is 0.138. The monoisotopic (exact) mass is 240 g/mol. The number of carbonyl (C=O) groups is 2. The lowest BCUT2D eigenvalue weighted by atomic mass is 9.80. The van der Waals surface area contributed by atoms with Gasteiger partial charge in [0.1, 0.15) is 18.1 Å². The highest BCUT2D eigenvalue weighted by Gasteiger charge is 2.37. The summed E-state index contributed by atoms with van der Waals surface area (Å²) >= 11 is 0. The summed E-state index contributed by atoms with van der Waals surface area (Å²) in [5.74, 6) is -2.27. The number of aliphatic carboxylic acids is 1. The van der Waals surface area contributed by atoms with Crippen LogP contribution in [-0.2, 0) is 16.1 Å². The molecule has 0 aromatic carbocycles. The standard InChI is InChI=1S/C10H16N4O3/c1-10(2,3)7(9(16)17)8(15)11-4-6-12-5-13-14-6/h5,7H,4H2,1-3H3,(H,11,15)(H,16,17)(H,12,13,14). The molecule has 0 bridgehead atoms. The van der Waals surface area contributed by atoms with Gasteiger partial charge in [-0.1, -0.05) is 20.8 Å². The fourth-order valence-electron chi connectivity index (χ4n) is 1.46. The number of amides is 1. The van der Waals surface area contributed by atoms with E-state index in [0.717, 1.165) is 0 Å². The van der Waals surface area contributed by atoms with Gasteiger partial charge in [-0.3, -0.25) is 14.7 Å². The average Bonchev–Trinajstić information content (AvgIpc) is 2.63. The summed E-state index contributed by atoms with van der Waals surface area (Å²) in [6.07, 6.45) is 1.32. The van der Waals surface area contributed by atoms with Crippen LogP contribution in [0.2, 0.25) is 0 Å². The van der Waals surface area contributed by atoms with Crippen LogP contribution in [0, 0.1) is 11.3 Å². The van der Waals surface area contributed by atoms with Crippen LogP contribution in [0.4, 0.5) is 0 Å². The van der Waals surface area contributed by atoms with Crippen molar-refractivity contribution in [3.63, 3.8) is 0 Å². The zero-order chi connectivity index (χ0) is 13.1. The van der Waals surface area contributed by atoms with Crippen LogP contribution in [-0.4, -0.2) is 32.2 Å². The third kappa shape index (κ3) is 3.54. The van der Waals surface area contributed by atoms with Gasteiger partial charge in [-0.15, -0.1) is 0 Å². The smallest absolute Gasteiger partial charge is 0.316 e. The normalized spacial score (nSPS) is 13.1. The van der Waals surface area contributed by atoms with Gasteiger partial charge in [0.2, 0.25) is 5.91 Å². The van der Waals surface area contributed by atoms with E-state index >= 15 is 0 Å². The van der Waals surface area contributed by atoms with E-state index in [-0.39, 0.29) is 6.54 Å². The molecule has 1 atom stereocenters. The van der Waals surface area contributed by atoms with Gasteiger partial charge in [0.05, 0.1) is 6.54 Å². The SMILES string of the molecule is CC(C)(C)C(C(=O)O)C(=O)NCc1ncn[nH]1. The number of H-pyrrole nitrogens is 1. The van der Waals surface area contributed by atoms with Crippen molar-refractivity contribution in [1.82, 2.24) is 20.5 Å². The lowest BCUT2D eigenvalue weighted by Crippen LogP contribution is -2.42. The molecule has 7 nitrogen and oxygen atoms in total. The fourth-order valence-corrected chi connectivity index (χ4v) is 1.46. The summed E-state index contributed by atoms with van der Waals surface area (Å²) in [6, 6.07) is 0. The lowest BCUT2D eigenvalue weighted by molar-refractivity contribution is -0.151. The number of carbonyl (C=O) groups excluding carboxylic acids is 1. The molecule has 0 radical (unpaired) electrons. The lowest BCUT2D eigenvalue weighted by Gasteiger charge is -2.25. The molecule has 0 aliphatic heterocycles. The van der Waals surface area contributed by atoms with E-state index in [2.05, 4.69) is 20.5 Å². The highest BCUT2D eigenvalue weighted by Crippen LogP contribution is 2.26. The molecule has 0 aliphatic carbocycles. The van der Waals surface area contributed by atoms with Crippen LogP contribution < -0.4 is 5.32 Å². The van der Waals surface area contributed by atoms with Crippen molar-refractivity contribution < 1.29 is 14.7 Å². The van der Waals surface area contributed by atoms with Crippen LogP contribution in [0.1, 0.15) is 26.6 Å². The second kappa shape index (κ2) is 4.94. The molecule has 94 valence electrons. The van der Waals surface area contributed by atoms with Crippen LogP contribution in [0.5, 0.6) is 0 Å². The van der Waals surface area contributed by atoms with E-state index in [1.165, 1.54) is 6.33 Å². The highest BCUT2D eigenvalue weighted by molar-refractivity contribution is 5.97. The number of rotatable bonds is 4. The molecule has 1 aromatic heterocycles. The average molecular weight is 240 g/mol. The summed E-state index contributed by atoms with van der Waals surface area (Å²) in [6.45, 7) is 5.26. The maximum absolute atomic E-state index is 11.8. The van der Waals surface area contributed by atoms with E-state index in [4.69, 9.17) is 5.11 Å². The van der Waals surface area contributed by atoms with Crippen molar-refractivity contribution in [3.05, 3.63) is 12.2 Å². The number of hydrogen-bond donors (Lipinski definition) is 3. The van der Waals surface area contributed by atoms with Crippen LogP contribution in [0.3, 0.4) is 0 Å². The second-order valence-electron chi connectivity index (χ2n) is 4.79. The first-order valence-corrected chi connectivity index (χ1v) is 5.17. The molecule has 3 N–H and O–H groups in total. The van der Waals surface area contributed by atoms with Crippen molar-refractivity contribution in [2.24, 2.45) is 11.3 Å². The first-order valence-electron chi connectivity index (χ1n) is 5.17. The van der Waals surface area contributed by atoms with Gasteiger partial charge >= 0.3 is 5.97 Å². The van der Waals surface area contributed by atoms with E-state index in [9.17, 15) is 9.59 Å². The Kier molecular flexibility index (Phi) is 3.82. The third-order valence-corrected chi connectivity index (χ3v) is 2.27. The molecule has 1 heterocycles. The van der Waals surface area contributed by atoms with Crippen molar-refractivity contribution in [2.75, 3.05) is 0 Å². The van der Waals surface area contributed by atoms with Gasteiger partial charge < -0.3 is 10.4 Å². The van der Waals surface area contributed by atoms with Gasteiger partial charge in [0, 0.05) is 0 Å². The van der Waals surface area contributed by atoms with Gasteiger partial charge in [0.15, 0.2) is 0 Å². The minimum atomic E-state index is -1.13. The Bertz CT molecular complexity index is 394. The Morgan fingerprint density at radius 1 is 1.53 bits per heavy atom. The summed E-state index contributed by atoms with van der Waals surface area (Å²) in [7, 11) is 0. The molecule has 0 spiro atoms. The number of aromatic nitrogens is 3. The number of nitrogens with one attached hydrogen (secondary N) is 2. The van der Waals surface area contributed by atoms with Crippen LogP contribution in [0.15, 0.2) is 6.33 Å². The Labute approximate surface area is 98.6 Å². The van der Waals surface area contributed by atoms with E-state index in [0.29, 0.717) is 5.82 Å². The summed E-state index contributed by atoms with van der Waals surface area (Å²) in [5, 5.41) is 17.8. The van der Waals surface area contributed by atoms with Crippen molar-refractivity contribution in [1.29, 1.82) is 0 Å². The molecule has 17 heavy (non-hydrogen) atoms. The minimum Gasteiger partial charge on any atom is -0.481 e. The zero-order valence-corrected chi connectivity index (χ0v) is 10.0. The first kappa shape index (κ1) is 13.1. The van der Waals surface area contributed by atoms with Crippen molar-refractivity contribution >= 4 is 11.9 Å². The molecule has 0 saturated carbocycles. The van der Waals surface area contributed by atoms with E-state index < -0.39 is 23.2 Å². The first-order chi connectivity index (χ1) is 7.82. The number of aromatic amines is 1. The van der Waals surface area contributed by atoms with Crippen LogP contribution in [0.25, 0.3) is 0 Å². The number of carboxylic acids is 1. The van der Waals surface area contributed by atoms with E-state index in [1.807, 2.05) is 0 Å². The van der Waals surface area contributed by atoms with E-state index in [1.54, 1.807) is 20.8 Å². The highest BCUT2D eigenvalue weighted by atomic mass is 16.4.